The van der Waals surface area contributed by atoms with Gasteiger partial charge < -0.3 is 18.9 Å². The molecule has 0 saturated carbocycles. The SMILES string of the molecule is CCCCCCCCCCCC[N+](C)(C)Cc1ccc2oc(-c3ccc(N(CC)CC)cc3)c(O)c(=O)c2c1. The lowest BCUT2D eigenvalue weighted by atomic mass is 10.1. The van der Waals surface area contributed by atoms with Gasteiger partial charge in [-0.05, 0) is 69.2 Å². The van der Waals surface area contributed by atoms with Gasteiger partial charge in [-0.2, -0.15) is 0 Å². The first kappa shape index (κ1) is 30.7. The van der Waals surface area contributed by atoms with Gasteiger partial charge >= 0.3 is 0 Å². The lowest BCUT2D eigenvalue weighted by Gasteiger charge is -2.30. The quantitative estimate of drug-likeness (QED) is 0.139. The Bertz CT molecular complexity index is 1210. The third-order valence-electron chi connectivity index (χ3n) is 7.92. The van der Waals surface area contributed by atoms with Gasteiger partial charge in [0.2, 0.25) is 11.2 Å². The number of anilines is 1. The molecule has 0 saturated heterocycles. The van der Waals surface area contributed by atoms with Crippen LogP contribution in [0.2, 0.25) is 0 Å². The second kappa shape index (κ2) is 15.1. The summed E-state index contributed by atoms with van der Waals surface area (Å²) in [7, 11) is 4.51. The fourth-order valence-electron chi connectivity index (χ4n) is 5.54. The molecular formula is C34H51N2O3+. The van der Waals surface area contributed by atoms with Crippen LogP contribution in [0.5, 0.6) is 5.75 Å². The number of hydrogen-bond donors (Lipinski definition) is 1. The van der Waals surface area contributed by atoms with Gasteiger partial charge in [0.1, 0.15) is 12.1 Å². The number of aromatic hydroxyl groups is 1. The highest BCUT2D eigenvalue weighted by molar-refractivity contribution is 5.82. The summed E-state index contributed by atoms with van der Waals surface area (Å²) in [6, 6.07) is 13.6. The van der Waals surface area contributed by atoms with E-state index in [1.165, 1.54) is 64.2 Å². The van der Waals surface area contributed by atoms with Crippen LogP contribution in [0.3, 0.4) is 0 Å². The summed E-state index contributed by atoms with van der Waals surface area (Å²) in [4.78, 5) is 15.4. The number of fused-ring (bicyclic) bond motifs is 1. The Morgan fingerprint density at radius 3 is 1.97 bits per heavy atom. The smallest absolute Gasteiger partial charge is 0.235 e. The van der Waals surface area contributed by atoms with Crippen molar-refractivity contribution < 1.29 is 14.0 Å². The second-order valence-electron chi connectivity index (χ2n) is 11.7. The largest absolute Gasteiger partial charge is 0.502 e. The van der Waals surface area contributed by atoms with E-state index in [1.54, 1.807) is 0 Å². The average Bonchev–Trinajstić information content (AvgIpc) is 2.93. The second-order valence-corrected chi connectivity index (χ2v) is 11.7. The van der Waals surface area contributed by atoms with Gasteiger partial charge in [-0.25, -0.2) is 0 Å². The van der Waals surface area contributed by atoms with Crippen LogP contribution in [-0.4, -0.2) is 43.3 Å². The average molecular weight is 536 g/mol. The molecule has 0 atom stereocenters. The van der Waals surface area contributed by atoms with E-state index < -0.39 is 0 Å². The van der Waals surface area contributed by atoms with Gasteiger partial charge in [0.25, 0.3) is 0 Å². The topological polar surface area (TPSA) is 53.7 Å². The molecule has 3 rings (SSSR count). The molecule has 3 aromatic rings. The highest BCUT2D eigenvalue weighted by Crippen LogP contribution is 2.32. The van der Waals surface area contributed by atoms with Crippen molar-refractivity contribution in [1.29, 1.82) is 0 Å². The molecule has 0 unspecified atom stereocenters. The van der Waals surface area contributed by atoms with Crippen LogP contribution in [0.1, 0.15) is 90.5 Å². The first-order valence-electron chi connectivity index (χ1n) is 15.3. The Morgan fingerprint density at radius 1 is 0.795 bits per heavy atom. The highest BCUT2D eigenvalue weighted by Gasteiger charge is 2.19. The summed E-state index contributed by atoms with van der Waals surface area (Å²) in [5, 5.41) is 11.2. The van der Waals surface area contributed by atoms with Gasteiger partial charge in [0.15, 0.2) is 5.76 Å². The summed E-state index contributed by atoms with van der Waals surface area (Å²) < 4.78 is 6.94. The molecule has 1 N–H and O–H groups in total. The van der Waals surface area contributed by atoms with Crippen molar-refractivity contribution in [3.05, 3.63) is 58.3 Å². The van der Waals surface area contributed by atoms with E-state index in [4.69, 9.17) is 4.42 Å². The van der Waals surface area contributed by atoms with Crippen LogP contribution >= 0.6 is 0 Å². The third kappa shape index (κ3) is 8.86. The summed E-state index contributed by atoms with van der Waals surface area (Å²) in [5.74, 6) is -0.0993. The third-order valence-corrected chi connectivity index (χ3v) is 7.92. The number of quaternary nitrogens is 1. The summed E-state index contributed by atoms with van der Waals surface area (Å²) in [5.41, 5.74) is 3.02. The molecule has 0 radical (unpaired) electrons. The molecule has 0 fully saturated rings. The Hall–Kier alpha value is -2.79. The van der Waals surface area contributed by atoms with Crippen LogP contribution in [0.25, 0.3) is 22.3 Å². The monoisotopic (exact) mass is 535 g/mol. The standard InChI is InChI=1S/C34H50N2O3/c1-6-9-10-11-12-13-14-15-16-17-24-36(4,5)26-27-18-23-31-30(25-27)32(37)33(38)34(39-31)28-19-21-29(22-20-28)35(7-2)8-3/h18-23,25H,6-17,24,26H2,1-5H3/p+1. The van der Waals surface area contributed by atoms with Crippen LogP contribution in [0.4, 0.5) is 5.69 Å². The van der Waals surface area contributed by atoms with Crippen molar-refractivity contribution in [3.63, 3.8) is 0 Å². The molecule has 0 aliphatic carbocycles. The molecule has 1 heterocycles. The molecule has 214 valence electrons. The molecule has 0 aliphatic heterocycles. The van der Waals surface area contributed by atoms with Crippen LogP contribution in [0.15, 0.2) is 51.7 Å². The van der Waals surface area contributed by atoms with E-state index in [9.17, 15) is 9.90 Å². The van der Waals surface area contributed by atoms with Gasteiger partial charge in [0.05, 0.1) is 26.0 Å². The fourth-order valence-corrected chi connectivity index (χ4v) is 5.54. The van der Waals surface area contributed by atoms with E-state index in [0.717, 1.165) is 41.9 Å². The van der Waals surface area contributed by atoms with E-state index in [2.05, 4.69) is 39.8 Å². The maximum absolute atomic E-state index is 13.2. The zero-order valence-corrected chi connectivity index (χ0v) is 25.1. The molecule has 0 aliphatic rings. The maximum Gasteiger partial charge on any atom is 0.235 e. The fraction of sp³-hybridized carbons (Fsp3) is 0.559. The minimum absolute atomic E-state index is 0.225. The van der Waals surface area contributed by atoms with Crippen molar-refractivity contribution >= 4 is 16.7 Å². The molecular weight excluding hydrogens is 484 g/mol. The number of benzene rings is 2. The van der Waals surface area contributed by atoms with Gasteiger partial charge in [-0.15, -0.1) is 0 Å². The number of nitrogens with zero attached hydrogens (tertiary/aromatic N) is 2. The van der Waals surface area contributed by atoms with Gasteiger partial charge in [0, 0.05) is 29.9 Å². The van der Waals surface area contributed by atoms with Crippen molar-refractivity contribution in [3.8, 4) is 17.1 Å². The Kier molecular flexibility index (Phi) is 11.9. The number of hydrogen-bond acceptors (Lipinski definition) is 4. The van der Waals surface area contributed by atoms with Crippen molar-refractivity contribution in [2.24, 2.45) is 0 Å². The van der Waals surface area contributed by atoms with E-state index in [-0.39, 0.29) is 16.9 Å². The zero-order valence-electron chi connectivity index (χ0n) is 25.1. The molecule has 1 aromatic heterocycles. The first-order valence-corrected chi connectivity index (χ1v) is 15.3. The highest BCUT2D eigenvalue weighted by atomic mass is 16.4. The zero-order chi connectivity index (χ0) is 28.3. The summed E-state index contributed by atoms with van der Waals surface area (Å²) in [6.45, 7) is 10.3. The Labute approximate surface area is 236 Å². The summed E-state index contributed by atoms with van der Waals surface area (Å²) in [6.07, 6.45) is 13.4. The number of rotatable bonds is 17. The normalized spacial score (nSPS) is 11.8. The molecule has 0 amide bonds. The first-order chi connectivity index (χ1) is 18.8. The molecule has 0 spiro atoms. The minimum Gasteiger partial charge on any atom is -0.502 e. The molecule has 5 heteroatoms. The lowest BCUT2D eigenvalue weighted by Crippen LogP contribution is -2.39. The van der Waals surface area contributed by atoms with Crippen molar-refractivity contribution in [1.82, 2.24) is 0 Å². The van der Waals surface area contributed by atoms with E-state index >= 15 is 0 Å². The van der Waals surface area contributed by atoms with Gasteiger partial charge in [-0.1, -0.05) is 58.3 Å². The molecule has 5 nitrogen and oxygen atoms in total. The lowest BCUT2D eigenvalue weighted by molar-refractivity contribution is -0.903. The van der Waals surface area contributed by atoms with Gasteiger partial charge in [-0.3, -0.25) is 4.79 Å². The Morgan fingerprint density at radius 2 is 1.38 bits per heavy atom. The van der Waals surface area contributed by atoms with Crippen molar-refractivity contribution in [2.75, 3.05) is 38.6 Å². The van der Waals surface area contributed by atoms with Crippen LogP contribution in [-0.2, 0) is 6.54 Å². The predicted molar refractivity (Wildman–Crippen MR) is 166 cm³/mol. The van der Waals surface area contributed by atoms with E-state index in [1.807, 2.05) is 42.5 Å². The van der Waals surface area contributed by atoms with E-state index in [0.29, 0.717) is 16.5 Å². The minimum atomic E-state index is -0.374. The molecule has 2 aromatic carbocycles. The predicted octanol–water partition coefficient (Wildman–Crippen LogP) is 8.51. The molecule has 39 heavy (non-hydrogen) atoms. The van der Waals surface area contributed by atoms with Crippen molar-refractivity contribution in [2.45, 2.75) is 91.5 Å². The summed E-state index contributed by atoms with van der Waals surface area (Å²) >= 11 is 0. The maximum atomic E-state index is 13.2. The van der Waals surface area contributed by atoms with Crippen LogP contribution < -0.4 is 10.3 Å². The molecule has 0 bridgehead atoms. The Balaban J connectivity index is 1.60. The van der Waals surface area contributed by atoms with Crippen LogP contribution in [0, 0.1) is 0 Å². The number of unbranched alkanes of at least 4 members (excludes halogenated alkanes) is 9.